The highest BCUT2D eigenvalue weighted by atomic mass is 16.2. The van der Waals surface area contributed by atoms with Crippen LogP contribution in [0.2, 0.25) is 0 Å². The van der Waals surface area contributed by atoms with Crippen molar-refractivity contribution in [2.75, 3.05) is 20.1 Å². The highest BCUT2D eigenvalue weighted by molar-refractivity contribution is 6.00. The van der Waals surface area contributed by atoms with Gasteiger partial charge in [-0.05, 0) is 31.5 Å². The fourth-order valence-electron chi connectivity index (χ4n) is 2.62. The van der Waals surface area contributed by atoms with E-state index >= 15 is 0 Å². The number of rotatable bonds is 2. The third-order valence-corrected chi connectivity index (χ3v) is 3.80. The van der Waals surface area contributed by atoms with E-state index in [9.17, 15) is 4.79 Å². The molecule has 0 spiro atoms. The zero-order chi connectivity index (χ0) is 13.2. The van der Waals surface area contributed by atoms with Crippen molar-refractivity contribution in [3.05, 3.63) is 36.2 Å². The minimum absolute atomic E-state index is 0.0508. The molecule has 19 heavy (non-hydrogen) atoms. The molecular formula is C14H18N4O. The van der Waals surface area contributed by atoms with E-state index in [1.165, 1.54) is 0 Å². The Bertz CT molecular complexity index is 586. The molecule has 3 rings (SSSR count). The minimum Gasteiger partial charge on any atom is -0.337 e. The van der Waals surface area contributed by atoms with Crippen LogP contribution in [0.4, 0.5) is 0 Å². The molecule has 1 unspecified atom stereocenters. The maximum atomic E-state index is 12.6. The fraction of sp³-hybridized carbons (Fsp3) is 0.429. The first-order valence-corrected chi connectivity index (χ1v) is 6.67. The van der Waals surface area contributed by atoms with Gasteiger partial charge in [-0.1, -0.05) is 6.07 Å². The van der Waals surface area contributed by atoms with Crippen LogP contribution in [0, 0.1) is 0 Å². The normalized spacial score (nSPS) is 19.5. The Kier molecular flexibility index (Phi) is 3.21. The SMILES string of the molecule is CN(C(=O)c1cnn2ccccc12)C1CCCNC1. The molecule has 1 fully saturated rings. The summed E-state index contributed by atoms with van der Waals surface area (Å²) in [7, 11) is 1.88. The number of likely N-dealkylation sites (N-methyl/N-ethyl adjacent to an activating group) is 1. The number of carbonyl (C=O) groups excluding carboxylic acids is 1. The van der Waals surface area contributed by atoms with Crippen LogP contribution in [0.1, 0.15) is 23.2 Å². The van der Waals surface area contributed by atoms with Crippen molar-refractivity contribution in [3.8, 4) is 0 Å². The standard InChI is InChI=1S/C14H18N4O/c1-17(11-5-4-7-15-9-11)14(19)12-10-16-18-8-3-2-6-13(12)18/h2-3,6,8,10-11,15H,4-5,7,9H2,1H3. The van der Waals surface area contributed by atoms with Gasteiger partial charge in [0, 0.05) is 25.8 Å². The number of pyridine rings is 1. The van der Waals surface area contributed by atoms with Gasteiger partial charge in [0.05, 0.1) is 17.3 Å². The molecule has 1 N–H and O–H groups in total. The van der Waals surface area contributed by atoms with Crippen LogP contribution in [-0.4, -0.2) is 46.6 Å². The number of amides is 1. The fourth-order valence-corrected chi connectivity index (χ4v) is 2.62. The van der Waals surface area contributed by atoms with Crippen LogP contribution in [-0.2, 0) is 0 Å². The number of nitrogens with zero attached hydrogens (tertiary/aromatic N) is 3. The van der Waals surface area contributed by atoms with Crippen molar-refractivity contribution < 1.29 is 4.79 Å². The lowest BCUT2D eigenvalue weighted by molar-refractivity contribution is 0.0710. The smallest absolute Gasteiger partial charge is 0.257 e. The molecule has 100 valence electrons. The number of aromatic nitrogens is 2. The molecule has 0 aromatic carbocycles. The van der Waals surface area contributed by atoms with Crippen LogP contribution in [0.15, 0.2) is 30.6 Å². The van der Waals surface area contributed by atoms with Crippen molar-refractivity contribution in [1.82, 2.24) is 19.8 Å². The van der Waals surface area contributed by atoms with Gasteiger partial charge in [0.25, 0.3) is 5.91 Å². The van der Waals surface area contributed by atoms with Gasteiger partial charge in [-0.3, -0.25) is 4.79 Å². The van der Waals surface area contributed by atoms with E-state index in [4.69, 9.17) is 0 Å². The predicted molar refractivity (Wildman–Crippen MR) is 73.2 cm³/mol. The molecule has 0 saturated carbocycles. The first-order chi connectivity index (χ1) is 9.27. The maximum Gasteiger partial charge on any atom is 0.257 e. The molecule has 5 nitrogen and oxygen atoms in total. The Morgan fingerprint density at radius 1 is 1.53 bits per heavy atom. The van der Waals surface area contributed by atoms with Crippen molar-refractivity contribution in [1.29, 1.82) is 0 Å². The van der Waals surface area contributed by atoms with E-state index in [2.05, 4.69) is 10.4 Å². The van der Waals surface area contributed by atoms with E-state index in [0.717, 1.165) is 31.4 Å². The molecule has 2 aromatic heterocycles. The summed E-state index contributed by atoms with van der Waals surface area (Å²) in [4.78, 5) is 14.4. The molecule has 2 aromatic rings. The Labute approximate surface area is 112 Å². The number of carbonyl (C=O) groups is 1. The van der Waals surface area contributed by atoms with Gasteiger partial charge in [0.1, 0.15) is 0 Å². The van der Waals surface area contributed by atoms with E-state index in [-0.39, 0.29) is 11.9 Å². The lowest BCUT2D eigenvalue weighted by Gasteiger charge is -2.31. The molecule has 0 radical (unpaired) electrons. The maximum absolute atomic E-state index is 12.6. The highest BCUT2D eigenvalue weighted by Gasteiger charge is 2.24. The molecule has 1 amide bonds. The summed E-state index contributed by atoms with van der Waals surface area (Å²) in [5, 5.41) is 7.56. The minimum atomic E-state index is 0.0508. The number of nitrogens with one attached hydrogen (secondary N) is 1. The second-order valence-electron chi connectivity index (χ2n) is 5.00. The summed E-state index contributed by atoms with van der Waals surface area (Å²) < 4.78 is 1.74. The number of hydrogen-bond donors (Lipinski definition) is 1. The molecule has 1 aliphatic rings. The lowest BCUT2D eigenvalue weighted by atomic mass is 10.1. The topological polar surface area (TPSA) is 49.6 Å². The molecular weight excluding hydrogens is 240 g/mol. The summed E-state index contributed by atoms with van der Waals surface area (Å²) in [6.45, 7) is 1.93. The summed E-state index contributed by atoms with van der Waals surface area (Å²) in [5.41, 5.74) is 1.54. The third kappa shape index (κ3) is 2.21. The van der Waals surface area contributed by atoms with Gasteiger partial charge >= 0.3 is 0 Å². The summed E-state index contributed by atoms with van der Waals surface area (Å²) >= 11 is 0. The Morgan fingerprint density at radius 2 is 2.42 bits per heavy atom. The molecule has 0 bridgehead atoms. The van der Waals surface area contributed by atoms with E-state index < -0.39 is 0 Å². The molecule has 1 aliphatic heterocycles. The predicted octanol–water partition coefficient (Wildman–Crippen LogP) is 1.16. The van der Waals surface area contributed by atoms with Crippen molar-refractivity contribution in [3.63, 3.8) is 0 Å². The zero-order valence-electron chi connectivity index (χ0n) is 11.0. The third-order valence-electron chi connectivity index (χ3n) is 3.80. The van der Waals surface area contributed by atoms with Crippen LogP contribution >= 0.6 is 0 Å². The second kappa shape index (κ2) is 5.01. The van der Waals surface area contributed by atoms with Crippen LogP contribution in [0.3, 0.4) is 0 Å². The first-order valence-electron chi connectivity index (χ1n) is 6.67. The quantitative estimate of drug-likeness (QED) is 0.879. The number of piperidine rings is 1. The molecule has 5 heteroatoms. The van der Waals surface area contributed by atoms with Gasteiger partial charge in [-0.2, -0.15) is 5.10 Å². The van der Waals surface area contributed by atoms with Crippen LogP contribution in [0.25, 0.3) is 5.52 Å². The average Bonchev–Trinajstić information content (AvgIpc) is 2.90. The van der Waals surface area contributed by atoms with E-state index in [0.29, 0.717) is 5.56 Å². The van der Waals surface area contributed by atoms with Gasteiger partial charge in [-0.15, -0.1) is 0 Å². The Balaban J connectivity index is 1.86. The Hall–Kier alpha value is -1.88. The Morgan fingerprint density at radius 3 is 3.21 bits per heavy atom. The van der Waals surface area contributed by atoms with Gasteiger partial charge in [-0.25, -0.2) is 4.52 Å². The van der Waals surface area contributed by atoms with Gasteiger partial charge < -0.3 is 10.2 Å². The number of hydrogen-bond acceptors (Lipinski definition) is 3. The van der Waals surface area contributed by atoms with Crippen molar-refractivity contribution in [2.24, 2.45) is 0 Å². The molecule has 3 heterocycles. The van der Waals surface area contributed by atoms with Crippen LogP contribution in [0.5, 0.6) is 0 Å². The summed E-state index contributed by atoms with van der Waals surface area (Å²) in [5.74, 6) is 0.0508. The second-order valence-corrected chi connectivity index (χ2v) is 5.00. The van der Waals surface area contributed by atoms with Gasteiger partial charge in [0.2, 0.25) is 0 Å². The monoisotopic (exact) mass is 258 g/mol. The van der Waals surface area contributed by atoms with E-state index in [1.54, 1.807) is 10.7 Å². The van der Waals surface area contributed by atoms with Gasteiger partial charge in [0.15, 0.2) is 0 Å². The molecule has 0 aliphatic carbocycles. The largest absolute Gasteiger partial charge is 0.337 e. The molecule has 1 saturated heterocycles. The highest BCUT2D eigenvalue weighted by Crippen LogP contribution is 2.16. The summed E-state index contributed by atoms with van der Waals surface area (Å²) in [6, 6.07) is 6.03. The van der Waals surface area contributed by atoms with E-state index in [1.807, 2.05) is 36.3 Å². The van der Waals surface area contributed by atoms with Crippen molar-refractivity contribution in [2.45, 2.75) is 18.9 Å². The average molecular weight is 258 g/mol. The zero-order valence-corrected chi connectivity index (χ0v) is 11.0. The summed E-state index contributed by atoms with van der Waals surface area (Å²) in [6.07, 6.45) is 5.70. The van der Waals surface area contributed by atoms with Crippen molar-refractivity contribution >= 4 is 11.4 Å². The molecule has 1 atom stereocenters. The van der Waals surface area contributed by atoms with Crippen LogP contribution < -0.4 is 5.32 Å². The number of fused-ring (bicyclic) bond motifs is 1. The lowest BCUT2D eigenvalue weighted by Crippen LogP contribution is -2.46. The first kappa shape index (κ1) is 12.2.